The highest BCUT2D eigenvalue weighted by molar-refractivity contribution is 7.19. The summed E-state index contributed by atoms with van der Waals surface area (Å²) in [6, 6.07) is 1.30. The molecule has 3 rings (SSSR count). The maximum Gasteiger partial charge on any atom is 0.328 e. The van der Waals surface area contributed by atoms with E-state index in [9.17, 15) is 9.59 Å². The molecule has 2 bridgehead atoms. The van der Waals surface area contributed by atoms with E-state index >= 15 is 0 Å². The van der Waals surface area contributed by atoms with E-state index in [1.54, 1.807) is 0 Å². The first kappa shape index (κ1) is 21.3. The van der Waals surface area contributed by atoms with Crippen LogP contribution >= 0.6 is 46.1 Å². The summed E-state index contributed by atoms with van der Waals surface area (Å²) in [6.07, 6.45) is 6.04. The van der Waals surface area contributed by atoms with Gasteiger partial charge in [0.2, 0.25) is 0 Å². The van der Waals surface area contributed by atoms with Gasteiger partial charge in [-0.2, -0.15) is 0 Å². The van der Waals surface area contributed by atoms with Gasteiger partial charge in [-0.15, -0.1) is 0 Å². The normalized spacial score (nSPS) is 25.0. The molecule has 0 amide bonds. The number of halogens is 3. The number of fused-ring (bicyclic) bond motifs is 2. The van der Waals surface area contributed by atoms with Gasteiger partial charge in [-0.25, -0.2) is 9.59 Å². The van der Waals surface area contributed by atoms with Crippen molar-refractivity contribution in [2.24, 2.45) is 0 Å². The third-order valence-corrected chi connectivity index (χ3v) is 6.87. The summed E-state index contributed by atoms with van der Waals surface area (Å²) in [5, 5.41) is 17.2. The number of piperidine rings is 1. The maximum absolute atomic E-state index is 9.55. The van der Waals surface area contributed by atoms with E-state index in [1.807, 2.05) is 0 Å². The van der Waals surface area contributed by atoms with Crippen LogP contribution in [0.25, 0.3) is 0 Å². The molecule has 144 valence electrons. The van der Waals surface area contributed by atoms with E-state index in [0.717, 1.165) is 12.8 Å². The van der Waals surface area contributed by atoms with Crippen LogP contribution in [0.5, 0.6) is 5.06 Å². The molecule has 0 radical (unpaired) electrons. The van der Waals surface area contributed by atoms with Gasteiger partial charge in [0.15, 0.2) is 5.06 Å². The van der Waals surface area contributed by atoms with Crippen molar-refractivity contribution in [1.29, 1.82) is 0 Å². The first-order valence-electron chi connectivity index (χ1n) is 7.84. The van der Waals surface area contributed by atoms with Crippen LogP contribution in [0.1, 0.15) is 25.7 Å². The van der Waals surface area contributed by atoms with Crippen LogP contribution in [-0.2, 0) is 9.59 Å². The molecular weight excluding hydrogens is 425 g/mol. The molecular formula is C16H18Cl3NO5S. The Morgan fingerprint density at radius 3 is 1.96 bits per heavy atom. The van der Waals surface area contributed by atoms with Gasteiger partial charge < -0.3 is 19.8 Å². The molecule has 26 heavy (non-hydrogen) atoms. The van der Waals surface area contributed by atoms with Gasteiger partial charge in [0.05, 0.1) is 5.02 Å². The number of rotatable bonds is 4. The molecule has 2 N–H and O–H groups in total. The monoisotopic (exact) mass is 441 g/mol. The van der Waals surface area contributed by atoms with Crippen molar-refractivity contribution in [3.8, 4) is 5.06 Å². The predicted molar refractivity (Wildman–Crippen MR) is 102 cm³/mol. The highest BCUT2D eigenvalue weighted by Gasteiger charge is 2.39. The van der Waals surface area contributed by atoms with Gasteiger partial charge in [-0.05, 0) is 32.7 Å². The van der Waals surface area contributed by atoms with E-state index < -0.39 is 11.9 Å². The van der Waals surface area contributed by atoms with E-state index in [1.165, 1.54) is 24.2 Å². The second-order valence-corrected chi connectivity index (χ2v) is 8.40. The van der Waals surface area contributed by atoms with Crippen LogP contribution in [0.2, 0.25) is 14.4 Å². The number of nitrogens with zero attached hydrogens (tertiary/aromatic N) is 1. The summed E-state index contributed by atoms with van der Waals surface area (Å²) in [5.41, 5.74) is 0. The van der Waals surface area contributed by atoms with Crippen molar-refractivity contribution in [3.63, 3.8) is 0 Å². The molecule has 0 aliphatic carbocycles. The van der Waals surface area contributed by atoms with Crippen molar-refractivity contribution in [2.75, 3.05) is 7.05 Å². The number of thiophene rings is 1. The fourth-order valence-corrected chi connectivity index (χ4v) is 4.83. The van der Waals surface area contributed by atoms with Crippen LogP contribution in [0.15, 0.2) is 12.2 Å². The standard InChI is InChI=1S/C12H14Cl3NOS.C4H4O4/c1-16-6-2-3-7(16)5-8(4-6)17-12-10(14)9(13)11(15)18-12;5-3(6)1-2-4(7)8/h6-8H,2-5H2,1H3;1-2H,(H,5,6)(H,7,8)/b;2-1+. The maximum atomic E-state index is 9.55. The molecule has 0 spiro atoms. The Kier molecular flexibility index (Phi) is 7.61. The van der Waals surface area contributed by atoms with E-state index in [2.05, 4.69) is 11.9 Å². The van der Waals surface area contributed by atoms with Crippen LogP contribution in [0.3, 0.4) is 0 Å². The average Bonchev–Trinajstić information content (AvgIpc) is 2.92. The molecule has 0 saturated carbocycles. The summed E-state index contributed by atoms with van der Waals surface area (Å²) < 4.78 is 6.51. The molecule has 10 heteroatoms. The number of ether oxygens (including phenoxy) is 1. The van der Waals surface area contributed by atoms with Gasteiger partial charge >= 0.3 is 11.9 Å². The number of hydrogen-bond acceptors (Lipinski definition) is 5. The van der Waals surface area contributed by atoms with Crippen molar-refractivity contribution < 1.29 is 24.5 Å². The van der Waals surface area contributed by atoms with Crippen LogP contribution in [-0.4, -0.2) is 52.3 Å². The van der Waals surface area contributed by atoms with Gasteiger partial charge in [-0.3, -0.25) is 0 Å². The van der Waals surface area contributed by atoms with E-state index in [-0.39, 0.29) is 6.10 Å². The second kappa shape index (κ2) is 9.28. The fourth-order valence-electron chi connectivity index (χ4n) is 3.17. The number of carboxylic acid groups (broad SMARTS) is 2. The lowest BCUT2D eigenvalue weighted by Gasteiger charge is -2.36. The Labute approximate surface area is 169 Å². The van der Waals surface area contributed by atoms with E-state index in [4.69, 9.17) is 49.8 Å². The van der Waals surface area contributed by atoms with Gasteiger partial charge in [-0.1, -0.05) is 46.1 Å². The summed E-state index contributed by atoms with van der Waals surface area (Å²) in [5.74, 6) is -2.51. The number of carboxylic acids is 2. The van der Waals surface area contributed by atoms with Crippen LogP contribution < -0.4 is 4.74 Å². The van der Waals surface area contributed by atoms with Gasteiger partial charge in [0.1, 0.15) is 15.5 Å². The predicted octanol–water partition coefficient (Wildman–Crippen LogP) is 4.42. The first-order valence-corrected chi connectivity index (χ1v) is 9.79. The third kappa shape index (κ3) is 5.50. The summed E-state index contributed by atoms with van der Waals surface area (Å²) in [6.45, 7) is 0. The molecule has 2 atom stereocenters. The summed E-state index contributed by atoms with van der Waals surface area (Å²) >= 11 is 19.4. The zero-order valence-corrected chi connectivity index (χ0v) is 16.9. The van der Waals surface area contributed by atoms with Crippen molar-refractivity contribution >= 4 is 58.1 Å². The van der Waals surface area contributed by atoms with E-state index in [0.29, 0.717) is 43.7 Å². The van der Waals surface area contributed by atoms with Crippen molar-refractivity contribution in [1.82, 2.24) is 4.90 Å². The molecule has 2 aliphatic rings. The molecule has 0 aromatic carbocycles. The Bertz CT molecular complexity index is 678. The molecule has 1 aromatic heterocycles. The lowest BCUT2D eigenvalue weighted by Crippen LogP contribution is -2.43. The smallest absolute Gasteiger partial charge is 0.328 e. The Balaban J connectivity index is 0.000000260. The minimum absolute atomic E-state index is 0.238. The number of carbonyl (C=O) groups is 2. The first-order chi connectivity index (χ1) is 12.2. The topological polar surface area (TPSA) is 87.1 Å². The highest BCUT2D eigenvalue weighted by atomic mass is 35.5. The lowest BCUT2D eigenvalue weighted by molar-refractivity contribution is -0.134. The molecule has 6 nitrogen and oxygen atoms in total. The fraction of sp³-hybridized carbons (Fsp3) is 0.500. The van der Waals surface area contributed by atoms with Crippen LogP contribution in [0.4, 0.5) is 0 Å². The lowest BCUT2D eigenvalue weighted by atomic mass is 10.0. The highest BCUT2D eigenvalue weighted by Crippen LogP contribution is 2.47. The minimum Gasteiger partial charge on any atom is -0.479 e. The van der Waals surface area contributed by atoms with Gasteiger partial charge in [0.25, 0.3) is 0 Å². The molecule has 2 fully saturated rings. The molecule has 1 aromatic rings. The zero-order valence-electron chi connectivity index (χ0n) is 13.8. The van der Waals surface area contributed by atoms with Gasteiger partial charge in [0, 0.05) is 24.2 Å². The Morgan fingerprint density at radius 2 is 1.58 bits per heavy atom. The molecule has 2 unspecified atom stereocenters. The zero-order chi connectivity index (χ0) is 19.4. The second-order valence-electron chi connectivity index (χ2n) is 6.06. The van der Waals surface area contributed by atoms with Crippen molar-refractivity contribution in [2.45, 2.75) is 43.9 Å². The SMILES string of the molecule is CN1C2CCC1CC(Oc1sc(Cl)c(Cl)c1Cl)C2.O=C(O)/C=C/C(=O)O. The largest absolute Gasteiger partial charge is 0.479 e. The number of hydrogen-bond donors (Lipinski definition) is 2. The average molecular weight is 443 g/mol. The van der Waals surface area contributed by atoms with Crippen LogP contribution in [0, 0.1) is 0 Å². The molecule has 3 heterocycles. The minimum atomic E-state index is -1.26. The van der Waals surface area contributed by atoms with Crippen molar-refractivity contribution in [3.05, 3.63) is 26.5 Å². The Morgan fingerprint density at radius 1 is 1.08 bits per heavy atom. The molecule has 2 saturated heterocycles. The summed E-state index contributed by atoms with van der Waals surface area (Å²) in [4.78, 5) is 21.6. The quantitative estimate of drug-likeness (QED) is 0.671. The summed E-state index contributed by atoms with van der Waals surface area (Å²) in [7, 11) is 2.21. The third-order valence-electron chi connectivity index (χ3n) is 4.42. The number of aliphatic carboxylic acids is 2. The Hall–Kier alpha value is -0.990. The molecule has 2 aliphatic heterocycles.